The van der Waals surface area contributed by atoms with Crippen LogP contribution in [0.4, 0.5) is 14.9 Å². The molecular formula is C18H25Cl2FN2O2. The Balaban J connectivity index is 1.90. The summed E-state index contributed by atoms with van der Waals surface area (Å²) in [5, 5.41) is 3.30. The summed E-state index contributed by atoms with van der Waals surface area (Å²) < 4.78 is 19.6. The minimum Gasteiger partial charge on any atom is -0.444 e. The van der Waals surface area contributed by atoms with Gasteiger partial charge in [0.1, 0.15) is 5.60 Å². The second-order valence-electron chi connectivity index (χ2n) is 7.46. The van der Waals surface area contributed by atoms with E-state index in [1.165, 1.54) is 0 Å². The summed E-state index contributed by atoms with van der Waals surface area (Å²) in [5.74, 6) is -0.209. The lowest BCUT2D eigenvalue weighted by atomic mass is 9.90. The summed E-state index contributed by atoms with van der Waals surface area (Å²) in [7, 11) is 0. The molecule has 4 nitrogen and oxygen atoms in total. The molecule has 0 bridgehead atoms. The predicted molar refractivity (Wildman–Crippen MR) is 100 cm³/mol. The first-order valence-corrected chi connectivity index (χ1v) is 9.22. The van der Waals surface area contributed by atoms with Crippen LogP contribution in [-0.2, 0) is 4.74 Å². The van der Waals surface area contributed by atoms with Gasteiger partial charge in [-0.15, -0.1) is 0 Å². The monoisotopic (exact) mass is 390 g/mol. The fourth-order valence-corrected chi connectivity index (χ4v) is 3.22. The van der Waals surface area contributed by atoms with Gasteiger partial charge in [0.15, 0.2) is 5.82 Å². The second-order valence-corrected chi connectivity index (χ2v) is 8.25. The molecule has 7 heteroatoms. The van der Waals surface area contributed by atoms with Gasteiger partial charge in [-0.1, -0.05) is 23.2 Å². The smallest absolute Gasteiger partial charge is 0.410 e. The van der Waals surface area contributed by atoms with Crippen molar-refractivity contribution in [2.75, 3.05) is 18.4 Å². The Kier molecular flexibility index (Phi) is 6.44. The van der Waals surface area contributed by atoms with Crippen LogP contribution in [0.3, 0.4) is 0 Å². The highest BCUT2D eigenvalue weighted by atomic mass is 35.5. The van der Waals surface area contributed by atoms with E-state index < -0.39 is 11.4 Å². The Hall–Kier alpha value is -1.20. The van der Waals surface area contributed by atoms with Crippen LogP contribution in [0.15, 0.2) is 12.1 Å². The van der Waals surface area contributed by atoms with Gasteiger partial charge < -0.3 is 15.0 Å². The van der Waals surface area contributed by atoms with E-state index in [1.54, 1.807) is 17.0 Å². The van der Waals surface area contributed by atoms with E-state index in [9.17, 15) is 9.18 Å². The molecule has 1 heterocycles. The highest BCUT2D eigenvalue weighted by Crippen LogP contribution is 2.32. The zero-order valence-electron chi connectivity index (χ0n) is 15.0. The average molecular weight is 391 g/mol. The summed E-state index contributed by atoms with van der Waals surface area (Å²) in [6, 6.07) is 3.22. The van der Waals surface area contributed by atoms with Gasteiger partial charge in [-0.2, -0.15) is 0 Å². The van der Waals surface area contributed by atoms with Gasteiger partial charge in [0.05, 0.1) is 15.7 Å². The molecule has 0 spiro atoms. The van der Waals surface area contributed by atoms with Crippen molar-refractivity contribution >= 4 is 35.0 Å². The van der Waals surface area contributed by atoms with Gasteiger partial charge in [-0.05, 0) is 58.6 Å². The Morgan fingerprint density at radius 2 is 1.92 bits per heavy atom. The third-order valence-electron chi connectivity index (χ3n) is 4.32. The highest BCUT2D eigenvalue weighted by Gasteiger charge is 2.29. The SMILES string of the molecule is CC(Nc1ccc(Cl)c(Cl)c1F)C1CCN(C(=O)OC(C)(C)C)CC1. The van der Waals surface area contributed by atoms with Crippen LogP contribution < -0.4 is 5.32 Å². The van der Waals surface area contributed by atoms with Crippen molar-refractivity contribution in [2.24, 2.45) is 5.92 Å². The number of ether oxygens (including phenoxy) is 1. The number of nitrogens with one attached hydrogen (secondary N) is 1. The first-order valence-electron chi connectivity index (χ1n) is 8.46. The van der Waals surface area contributed by atoms with Crippen LogP contribution in [0.5, 0.6) is 0 Å². The zero-order valence-corrected chi connectivity index (χ0v) is 16.5. The maximum atomic E-state index is 14.2. The van der Waals surface area contributed by atoms with Crippen LogP contribution >= 0.6 is 23.2 Å². The second kappa shape index (κ2) is 8.00. The van der Waals surface area contributed by atoms with E-state index in [0.29, 0.717) is 24.7 Å². The number of rotatable bonds is 3. The molecule has 0 radical (unpaired) electrons. The zero-order chi connectivity index (χ0) is 18.8. The van der Waals surface area contributed by atoms with E-state index >= 15 is 0 Å². The minimum atomic E-state index is -0.535. The third-order valence-corrected chi connectivity index (χ3v) is 5.10. The lowest BCUT2D eigenvalue weighted by molar-refractivity contribution is 0.0179. The molecule has 1 saturated heterocycles. The number of nitrogens with zero attached hydrogens (tertiary/aromatic N) is 1. The number of hydrogen-bond donors (Lipinski definition) is 1. The molecular weight excluding hydrogens is 366 g/mol. The van der Waals surface area contributed by atoms with Crippen LogP contribution in [0.2, 0.25) is 10.0 Å². The number of hydrogen-bond acceptors (Lipinski definition) is 3. The van der Waals surface area contributed by atoms with Crippen molar-refractivity contribution in [2.45, 2.75) is 52.2 Å². The van der Waals surface area contributed by atoms with Gasteiger partial charge in [0, 0.05) is 19.1 Å². The van der Waals surface area contributed by atoms with Gasteiger partial charge in [-0.3, -0.25) is 0 Å². The Labute approximate surface area is 158 Å². The predicted octanol–water partition coefficient (Wildman–Crippen LogP) is 5.58. The topological polar surface area (TPSA) is 41.6 Å². The number of carbonyl (C=O) groups excluding carboxylic acids is 1. The van der Waals surface area contributed by atoms with E-state index in [2.05, 4.69) is 5.32 Å². The van der Waals surface area contributed by atoms with Crippen molar-refractivity contribution in [1.82, 2.24) is 4.90 Å². The van der Waals surface area contributed by atoms with Crippen LogP contribution in [0.25, 0.3) is 0 Å². The maximum absolute atomic E-state index is 14.2. The Morgan fingerprint density at radius 3 is 2.48 bits per heavy atom. The molecule has 25 heavy (non-hydrogen) atoms. The first kappa shape index (κ1) is 20.1. The molecule has 0 aliphatic carbocycles. The number of piperidine rings is 1. The van der Waals surface area contributed by atoms with Crippen molar-refractivity contribution in [3.63, 3.8) is 0 Å². The number of amides is 1. The number of anilines is 1. The number of benzene rings is 1. The average Bonchev–Trinajstić information content (AvgIpc) is 2.54. The number of likely N-dealkylation sites (tertiary alicyclic amines) is 1. The fraction of sp³-hybridized carbons (Fsp3) is 0.611. The summed E-state index contributed by atoms with van der Waals surface area (Å²) in [5.41, 5.74) is -0.148. The third kappa shape index (κ3) is 5.38. The highest BCUT2D eigenvalue weighted by molar-refractivity contribution is 6.42. The maximum Gasteiger partial charge on any atom is 0.410 e. The van der Waals surface area contributed by atoms with Crippen LogP contribution in [0.1, 0.15) is 40.5 Å². The summed E-state index contributed by atoms with van der Waals surface area (Å²) >= 11 is 11.7. The molecule has 1 unspecified atom stereocenters. The van der Waals surface area contributed by atoms with Crippen LogP contribution in [-0.4, -0.2) is 35.7 Å². The largest absolute Gasteiger partial charge is 0.444 e. The van der Waals surface area contributed by atoms with E-state index in [1.807, 2.05) is 27.7 Å². The molecule has 1 aliphatic rings. The number of carbonyl (C=O) groups is 1. The molecule has 1 N–H and O–H groups in total. The van der Waals surface area contributed by atoms with Gasteiger partial charge in [0.25, 0.3) is 0 Å². The van der Waals surface area contributed by atoms with Gasteiger partial charge in [0.2, 0.25) is 0 Å². The van der Waals surface area contributed by atoms with Crippen molar-refractivity contribution in [3.05, 3.63) is 28.0 Å². The van der Waals surface area contributed by atoms with Crippen molar-refractivity contribution in [1.29, 1.82) is 0 Å². The molecule has 1 aromatic carbocycles. The normalized spacial score (nSPS) is 17.3. The molecule has 0 saturated carbocycles. The Bertz CT molecular complexity index is 626. The lowest BCUT2D eigenvalue weighted by Gasteiger charge is -2.36. The summed E-state index contributed by atoms with van der Waals surface area (Å²) in [6.45, 7) is 8.85. The van der Waals surface area contributed by atoms with Crippen molar-refractivity contribution in [3.8, 4) is 0 Å². The fourth-order valence-electron chi connectivity index (χ4n) is 2.91. The molecule has 1 aliphatic heterocycles. The quantitative estimate of drug-likeness (QED) is 0.684. The molecule has 2 rings (SSSR count). The van der Waals surface area contributed by atoms with Crippen molar-refractivity contribution < 1.29 is 13.9 Å². The van der Waals surface area contributed by atoms with Crippen LogP contribution in [0, 0.1) is 11.7 Å². The lowest BCUT2D eigenvalue weighted by Crippen LogP contribution is -2.44. The number of halogens is 3. The molecule has 1 aromatic rings. The van der Waals surface area contributed by atoms with E-state index in [-0.39, 0.29) is 22.2 Å². The minimum absolute atomic E-state index is 0.0486. The van der Waals surface area contributed by atoms with E-state index in [4.69, 9.17) is 27.9 Å². The standard InChI is InChI=1S/C18H25Cl2FN2O2/c1-11(22-14-6-5-13(19)15(20)16(14)21)12-7-9-23(10-8-12)17(24)25-18(2,3)4/h5-6,11-12,22H,7-10H2,1-4H3. The molecule has 0 aromatic heterocycles. The summed E-state index contributed by atoms with van der Waals surface area (Å²) in [4.78, 5) is 13.8. The first-order chi connectivity index (χ1) is 11.6. The Morgan fingerprint density at radius 1 is 1.32 bits per heavy atom. The van der Waals surface area contributed by atoms with E-state index in [0.717, 1.165) is 12.8 Å². The summed E-state index contributed by atoms with van der Waals surface area (Å²) in [6.07, 6.45) is 1.38. The molecule has 1 fully saturated rings. The van der Waals surface area contributed by atoms with Gasteiger partial charge in [-0.25, -0.2) is 9.18 Å². The molecule has 140 valence electrons. The molecule has 1 amide bonds. The molecule has 1 atom stereocenters. The van der Waals surface area contributed by atoms with Gasteiger partial charge >= 0.3 is 6.09 Å².